The molecular formula is C10H18N2O2. The van der Waals surface area contributed by atoms with E-state index in [1.165, 1.54) is 4.90 Å². The third-order valence-corrected chi connectivity index (χ3v) is 2.59. The smallest absolute Gasteiger partial charge is 0.232 e. The van der Waals surface area contributed by atoms with Gasteiger partial charge in [-0.1, -0.05) is 6.92 Å². The standard InChI is InChI=1S/C10H18N2O2/c1-8-4-5-9(13)12(10(8)14)7-3-6-11-2/h8,11H,3-7H2,1-2H3. The molecule has 4 heteroatoms. The van der Waals surface area contributed by atoms with Crippen LogP contribution in [0, 0.1) is 5.92 Å². The fraction of sp³-hybridized carbons (Fsp3) is 0.800. The maximum atomic E-state index is 11.6. The van der Waals surface area contributed by atoms with Crippen molar-refractivity contribution >= 4 is 11.8 Å². The highest BCUT2D eigenvalue weighted by molar-refractivity contribution is 5.98. The molecule has 0 aliphatic carbocycles. The Morgan fingerprint density at radius 2 is 2.21 bits per heavy atom. The SMILES string of the molecule is CNCCCN1C(=O)CCC(C)C1=O. The quantitative estimate of drug-likeness (QED) is 0.525. The van der Waals surface area contributed by atoms with Gasteiger partial charge in [-0.05, 0) is 26.4 Å². The van der Waals surface area contributed by atoms with Crippen LogP contribution < -0.4 is 5.32 Å². The number of rotatable bonds is 4. The van der Waals surface area contributed by atoms with E-state index in [0.717, 1.165) is 13.0 Å². The number of hydrogen-bond acceptors (Lipinski definition) is 3. The van der Waals surface area contributed by atoms with Gasteiger partial charge in [0.1, 0.15) is 0 Å². The number of piperidine rings is 1. The van der Waals surface area contributed by atoms with Gasteiger partial charge >= 0.3 is 0 Å². The lowest BCUT2D eigenvalue weighted by atomic mass is 9.98. The fourth-order valence-electron chi connectivity index (χ4n) is 1.64. The lowest BCUT2D eigenvalue weighted by molar-refractivity contribution is -0.151. The second kappa shape index (κ2) is 5.10. The van der Waals surface area contributed by atoms with E-state index in [1.54, 1.807) is 0 Å². The zero-order valence-corrected chi connectivity index (χ0v) is 8.88. The van der Waals surface area contributed by atoms with Gasteiger partial charge in [-0.3, -0.25) is 14.5 Å². The van der Waals surface area contributed by atoms with Gasteiger partial charge in [-0.15, -0.1) is 0 Å². The number of imide groups is 1. The van der Waals surface area contributed by atoms with Crippen molar-refractivity contribution in [2.24, 2.45) is 5.92 Å². The Morgan fingerprint density at radius 3 is 2.86 bits per heavy atom. The molecule has 0 aromatic heterocycles. The Bertz CT molecular complexity index is 228. The topological polar surface area (TPSA) is 49.4 Å². The molecule has 14 heavy (non-hydrogen) atoms. The summed E-state index contributed by atoms with van der Waals surface area (Å²) in [5, 5.41) is 3.00. The van der Waals surface area contributed by atoms with Gasteiger partial charge in [0.25, 0.3) is 0 Å². The minimum Gasteiger partial charge on any atom is -0.320 e. The van der Waals surface area contributed by atoms with Crippen LogP contribution in [0.5, 0.6) is 0 Å². The van der Waals surface area contributed by atoms with Gasteiger partial charge in [0, 0.05) is 18.9 Å². The number of likely N-dealkylation sites (tertiary alicyclic amines) is 1. The molecule has 0 saturated carbocycles. The van der Waals surface area contributed by atoms with Gasteiger partial charge < -0.3 is 5.32 Å². The van der Waals surface area contributed by atoms with Crippen LogP contribution in [0.2, 0.25) is 0 Å². The minimum absolute atomic E-state index is 0.00245. The van der Waals surface area contributed by atoms with E-state index in [4.69, 9.17) is 0 Å². The Hall–Kier alpha value is -0.900. The summed E-state index contributed by atoms with van der Waals surface area (Å²) in [4.78, 5) is 24.5. The number of nitrogens with zero attached hydrogens (tertiary/aromatic N) is 1. The Kier molecular flexibility index (Phi) is 4.07. The Morgan fingerprint density at radius 1 is 1.50 bits per heavy atom. The Labute approximate surface area is 84.7 Å². The first-order valence-electron chi connectivity index (χ1n) is 5.15. The average Bonchev–Trinajstić information content (AvgIpc) is 2.18. The van der Waals surface area contributed by atoms with Crippen molar-refractivity contribution in [2.45, 2.75) is 26.2 Å². The summed E-state index contributed by atoms with van der Waals surface area (Å²) < 4.78 is 0. The van der Waals surface area contributed by atoms with Crippen LogP contribution in [-0.2, 0) is 9.59 Å². The molecule has 1 aliphatic rings. The lowest BCUT2D eigenvalue weighted by Crippen LogP contribution is -2.45. The van der Waals surface area contributed by atoms with Crippen molar-refractivity contribution in [3.63, 3.8) is 0 Å². The first-order valence-corrected chi connectivity index (χ1v) is 5.15. The first kappa shape index (κ1) is 11.2. The molecule has 0 radical (unpaired) electrons. The number of carbonyl (C=O) groups is 2. The van der Waals surface area contributed by atoms with E-state index in [1.807, 2.05) is 14.0 Å². The predicted molar refractivity (Wildman–Crippen MR) is 53.7 cm³/mol. The Balaban J connectivity index is 2.46. The van der Waals surface area contributed by atoms with Crippen LogP contribution in [0.1, 0.15) is 26.2 Å². The normalized spacial score (nSPS) is 23.0. The number of carbonyl (C=O) groups excluding carboxylic acids is 2. The summed E-state index contributed by atoms with van der Waals surface area (Å²) in [6.07, 6.45) is 2.06. The lowest BCUT2D eigenvalue weighted by Gasteiger charge is -2.28. The van der Waals surface area contributed by atoms with E-state index >= 15 is 0 Å². The molecule has 80 valence electrons. The monoisotopic (exact) mass is 198 g/mol. The van der Waals surface area contributed by atoms with E-state index < -0.39 is 0 Å². The molecule has 1 heterocycles. The van der Waals surface area contributed by atoms with Crippen molar-refractivity contribution in [3.8, 4) is 0 Å². The van der Waals surface area contributed by atoms with Crippen molar-refractivity contribution in [3.05, 3.63) is 0 Å². The van der Waals surface area contributed by atoms with Gasteiger partial charge in [0.15, 0.2) is 0 Å². The third-order valence-electron chi connectivity index (χ3n) is 2.59. The number of nitrogens with one attached hydrogen (secondary N) is 1. The number of amides is 2. The van der Waals surface area contributed by atoms with E-state index in [0.29, 0.717) is 19.4 Å². The average molecular weight is 198 g/mol. The molecule has 1 fully saturated rings. The third kappa shape index (κ3) is 2.54. The molecule has 1 rings (SSSR count). The maximum Gasteiger partial charge on any atom is 0.232 e. The molecule has 0 bridgehead atoms. The van der Waals surface area contributed by atoms with Crippen molar-refractivity contribution in [1.29, 1.82) is 0 Å². The van der Waals surface area contributed by atoms with Gasteiger partial charge in [0.2, 0.25) is 11.8 Å². The van der Waals surface area contributed by atoms with Crippen molar-refractivity contribution in [1.82, 2.24) is 10.2 Å². The summed E-state index contributed by atoms with van der Waals surface area (Å²) in [6, 6.07) is 0. The zero-order valence-electron chi connectivity index (χ0n) is 8.88. The van der Waals surface area contributed by atoms with Crippen LogP contribution in [0.15, 0.2) is 0 Å². The molecule has 1 atom stereocenters. The molecule has 1 unspecified atom stereocenters. The molecule has 0 spiro atoms. The van der Waals surface area contributed by atoms with Gasteiger partial charge in [-0.25, -0.2) is 0 Å². The van der Waals surface area contributed by atoms with Crippen LogP contribution in [0.3, 0.4) is 0 Å². The highest BCUT2D eigenvalue weighted by atomic mass is 16.2. The summed E-state index contributed by atoms with van der Waals surface area (Å²) in [5.41, 5.74) is 0. The molecule has 0 aromatic rings. The summed E-state index contributed by atoms with van der Waals surface area (Å²) in [7, 11) is 1.86. The van der Waals surface area contributed by atoms with E-state index in [2.05, 4.69) is 5.32 Å². The first-order chi connectivity index (χ1) is 6.66. The largest absolute Gasteiger partial charge is 0.320 e. The molecular weight excluding hydrogens is 180 g/mol. The summed E-state index contributed by atoms with van der Waals surface area (Å²) in [5.74, 6) is 0.00356. The fourth-order valence-corrected chi connectivity index (χ4v) is 1.64. The second-order valence-electron chi connectivity index (χ2n) is 3.78. The number of hydrogen-bond donors (Lipinski definition) is 1. The van der Waals surface area contributed by atoms with Gasteiger partial charge in [-0.2, -0.15) is 0 Å². The molecule has 0 aromatic carbocycles. The van der Waals surface area contributed by atoms with Crippen LogP contribution in [0.25, 0.3) is 0 Å². The van der Waals surface area contributed by atoms with Crippen LogP contribution >= 0.6 is 0 Å². The minimum atomic E-state index is -0.01000. The maximum absolute atomic E-state index is 11.6. The molecule has 1 N–H and O–H groups in total. The molecule has 4 nitrogen and oxygen atoms in total. The molecule has 1 saturated heterocycles. The summed E-state index contributed by atoms with van der Waals surface area (Å²) in [6.45, 7) is 3.29. The van der Waals surface area contributed by atoms with Crippen LogP contribution in [0.4, 0.5) is 0 Å². The van der Waals surface area contributed by atoms with E-state index in [-0.39, 0.29) is 17.7 Å². The predicted octanol–water partition coefficient (Wildman–Crippen LogP) is 0.381. The molecule has 2 amide bonds. The van der Waals surface area contributed by atoms with Crippen molar-refractivity contribution in [2.75, 3.05) is 20.1 Å². The van der Waals surface area contributed by atoms with Crippen molar-refractivity contribution < 1.29 is 9.59 Å². The highest BCUT2D eigenvalue weighted by Gasteiger charge is 2.30. The zero-order chi connectivity index (χ0) is 10.6. The summed E-state index contributed by atoms with van der Waals surface area (Å²) >= 11 is 0. The van der Waals surface area contributed by atoms with E-state index in [9.17, 15) is 9.59 Å². The van der Waals surface area contributed by atoms with Gasteiger partial charge in [0.05, 0.1) is 0 Å². The van der Waals surface area contributed by atoms with Crippen LogP contribution in [-0.4, -0.2) is 36.9 Å². The highest BCUT2D eigenvalue weighted by Crippen LogP contribution is 2.18. The second-order valence-corrected chi connectivity index (χ2v) is 3.78. The molecule has 1 aliphatic heterocycles.